The van der Waals surface area contributed by atoms with Gasteiger partial charge in [0.15, 0.2) is 0 Å². The average molecular weight is 652 g/mol. The molecule has 7 atom stereocenters. The third-order valence-corrected chi connectivity index (χ3v) is 8.24. The summed E-state index contributed by atoms with van der Waals surface area (Å²) in [5, 5.41) is 8.83. The molecule has 0 aromatic heterocycles. The Hall–Kier alpha value is -3.12. The predicted molar refractivity (Wildman–Crippen MR) is 174 cm³/mol. The normalized spacial score (nSPS) is 24.7. The zero-order valence-corrected chi connectivity index (χ0v) is 28.7. The van der Waals surface area contributed by atoms with Crippen LogP contribution >= 0.6 is 11.6 Å². The number of methoxy groups -OCH3 is 2. The molecule has 12 heteroatoms. The van der Waals surface area contributed by atoms with Gasteiger partial charge in [0, 0.05) is 27.0 Å². The second-order valence-corrected chi connectivity index (χ2v) is 11.5. The number of carbonyl (C=O) groups is 3. The number of hydrogen-bond donors (Lipinski definition) is 3. The van der Waals surface area contributed by atoms with Crippen LogP contribution in [0.25, 0.3) is 0 Å². The SMILES string of the molecule is CC.CNC(=O)C[C@H](OC(=O)[C@@H](C)NC)C1(C)OC1CC1CC([C@@H](/C=C/C=C(\C)Cc2ccc(Cl)c(OC)c2)OC)NC(=O)O1. The topological polar surface area (TPSA) is 137 Å². The molecule has 1 aromatic carbocycles. The molecule has 3 N–H and O–H groups in total. The molecule has 3 rings (SSSR count). The number of alkyl carbamates (subject to hydrolysis) is 1. The van der Waals surface area contributed by atoms with Gasteiger partial charge in [-0.1, -0.05) is 55.3 Å². The number of carbonyl (C=O) groups excluding carboxylic acids is 3. The highest BCUT2D eigenvalue weighted by molar-refractivity contribution is 6.32. The maximum atomic E-state index is 12.5. The van der Waals surface area contributed by atoms with Crippen LogP contribution in [-0.2, 0) is 35.0 Å². The number of hydrogen-bond acceptors (Lipinski definition) is 9. The number of likely N-dealkylation sites (N-methyl/N-ethyl adjacent to an activating group) is 1. The molecule has 2 amide bonds. The number of ether oxygens (including phenoxy) is 5. The number of rotatable bonds is 15. The number of amides is 2. The van der Waals surface area contributed by atoms with Gasteiger partial charge >= 0.3 is 12.1 Å². The van der Waals surface area contributed by atoms with Crippen LogP contribution in [0.2, 0.25) is 5.02 Å². The Balaban J connectivity index is 0.00000345. The first-order valence-corrected chi connectivity index (χ1v) is 15.7. The van der Waals surface area contributed by atoms with Crippen molar-refractivity contribution in [2.45, 2.75) is 102 Å². The van der Waals surface area contributed by atoms with Gasteiger partial charge in [0.2, 0.25) is 5.91 Å². The van der Waals surface area contributed by atoms with Gasteiger partial charge in [0.25, 0.3) is 0 Å². The molecule has 0 bridgehead atoms. The Morgan fingerprint density at radius 3 is 2.58 bits per heavy atom. The quantitative estimate of drug-likeness (QED) is 0.142. The van der Waals surface area contributed by atoms with Gasteiger partial charge in [-0.3, -0.25) is 9.59 Å². The Morgan fingerprint density at radius 2 is 1.96 bits per heavy atom. The van der Waals surface area contributed by atoms with Crippen LogP contribution in [0.3, 0.4) is 0 Å². The fourth-order valence-corrected chi connectivity index (χ4v) is 5.25. The molecule has 2 fully saturated rings. The van der Waals surface area contributed by atoms with Gasteiger partial charge in [0.05, 0.1) is 36.8 Å². The van der Waals surface area contributed by atoms with Gasteiger partial charge in [-0.2, -0.15) is 0 Å². The molecule has 0 spiro atoms. The summed E-state index contributed by atoms with van der Waals surface area (Å²) in [7, 11) is 6.35. The standard InChI is InChI=1S/C31H44ClN3O8.C2H6/c1-18(13-20-11-12-22(32)25(14-20)40-7)9-8-10-24(39-6)23-15-21(41-30(38)35-23)16-27-31(3,43-27)26(17-28(36)34-5)42-29(37)19(2)33-4;1-2/h8-12,14,19,21,23-24,26-27,33H,13,15-17H2,1-7H3,(H,34,36)(H,35,38);1-2H3/b10-8+,18-9+;/t19-,21?,23?,24-,26+,27?,31?;/m1./s1. The molecular weight excluding hydrogens is 602 g/mol. The van der Waals surface area contributed by atoms with Gasteiger partial charge in [0.1, 0.15) is 29.6 Å². The maximum absolute atomic E-state index is 12.5. The molecule has 4 unspecified atom stereocenters. The second kappa shape index (κ2) is 18.1. The summed E-state index contributed by atoms with van der Waals surface area (Å²) in [6.45, 7) is 9.51. The fourth-order valence-electron chi connectivity index (χ4n) is 5.06. The summed E-state index contributed by atoms with van der Waals surface area (Å²) in [5.41, 5.74) is 1.30. The van der Waals surface area contributed by atoms with E-state index in [-0.39, 0.29) is 24.5 Å². The first-order valence-electron chi connectivity index (χ1n) is 15.4. The zero-order chi connectivity index (χ0) is 33.7. The third kappa shape index (κ3) is 11.0. The summed E-state index contributed by atoms with van der Waals surface area (Å²) < 4.78 is 28.3. The van der Waals surface area contributed by atoms with Crippen molar-refractivity contribution in [2.75, 3.05) is 28.3 Å². The van der Waals surface area contributed by atoms with Crippen molar-refractivity contribution < 1.29 is 38.1 Å². The molecule has 2 heterocycles. The predicted octanol–water partition coefficient (Wildman–Crippen LogP) is 4.51. The maximum Gasteiger partial charge on any atom is 0.407 e. The molecule has 0 radical (unpaired) electrons. The van der Waals surface area contributed by atoms with Gasteiger partial charge in [-0.25, -0.2) is 4.79 Å². The summed E-state index contributed by atoms with van der Waals surface area (Å²) in [4.78, 5) is 37.2. The van der Waals surface area contributed by atoms with E-state index in [2.05, 4.69) is 16.0 Å². The van der Waals surface area contributed by atoms with Gasteiger partial charge < -0.3 is 39.6 Å². The van der Waals surface area contributed by atoms with Gasteiger partial charge in [-0.15, -0.1) is 0 Å². The number of cyclic esters (lactones) is 1. The second-order valence-electron chi connectivity index (χ2n) is 11.1. The lowest BCUT2D eigenvalue weighted by Gasteiger charge is -2.33. The van der Waals surface area contributed by atoms with Crippen molar-refractivity contribution in [1.29, 1.82) is 0 Å². The Bertz CT molecular complexity index is 1210. The van der Waals surface area contributed by atoms with Crippen molar-refractivity contribution >= 4 is 29.6 Å². The minimum atomic E-state index is -0.889. The largest absolute Gasteiger partial charge is 0.495 e. The minimum Gasteiger partial charge on any atom is -0.495 e. The highest BCUT2D eigenvalue weighted by Crippen LogP contribution is 2.45. The van der Waals surface area contributed by atoms with E-state index in [0.717, 1.165) is 17.6 Å². The van der Waals surface area contributed by atoms with E-state index in [1.165, 1.54) is 7.05 Å². The number of halogens is 1. The lowest BCUT2D eigenvalue weighted by Crippen LogP contribution is -2.51. The smallest absolute Gasteiger partial charge is 0.407 e. The number of allylic oxidation sites excluding steroid dienone is 3. The molecule has 2 aliphatic heterocycles. The highest BCUT2D eigenvalue weighted by Gasteiger charge is 2.60. The van der Waals surface area contributed by atoms with E-state index in [1.807, 2.05) is 57.2 Å². The number of nitrogens with one attached hydrogen (secondary N) is 3. The van der Waals surface area contributed by atoms with Crippen molar-refractivity contribution in [2.24, 2.45) is 0 Å². The average Bonchev–Trinajstić information content (AvgIpc) is 3.69. The van der Waals surface area contributed by atoms with Crippen LogP contribution in [0.5, 0.6) is 5.75 Å². The van der Waals surface area contributed by atoms with Crippen LogP contribution < -0.4 is 20.7 Å². The van der Waals surface area contributed by atoms with Crippen molar-refractivity contribution in [3.8, 4) is 5.75 Å². The zero-order valence-electron chi connectivity index (χ0n) is 27.9. The van der Waals surface area contributed by atoms with Crippen LogP contribution in [0.1, 0.15) is 59.4 Å². The summed E-state index contributed by atoms with van der Waals surface area (Å²) in [6, 6.07) is 4.82. The summed E-state index contributed by atoms with van der Waals surface area (Å²) >= 11 is 6.13. The first kappa shape index (κ1) is 38.1. The Morgan fingerprint density at radius 1 is 1.24 bits per heavy atom. The number of esters is 1. The van der Waals surface area contributed by atoms with Gasteiger partial charge in [-0.05, 0) is 51.9 Å². The molecule has 2 saturated heterocycles. The molecule has 45 heavy (non-hydrogen) atoms. The lowest BCUT2D eigenvalue weighted by molar-refractivity contribution is -0.155. The van der Waals surface area contributed by atoms with Crippen LogP contribution in [-0.4, -0.2) is 88.4 Å². The molecular formula is C33H50ClN3O8. The van der Waals surface area contributed by atoms with E-state index >= 15 is 0 Å². The Labute approximate surface area is 272 Å². The van der Waals surface area contributed by atoms with E-state index in [0.29, 0.717) is 23.6 Å². The van der Waals surface area contributed by atoms with E-state index < -0.39 is 42.0 Å². The monoisotopic (exact) mass is 651 g/mol. The summed E-state index contributed by atoms with van der Waals surface area (Å²) in [6.07, 6.45) is 4.78. The minimum absolute atomic E-state index is 0.0463. The lowest BCUT2D eigenvalue weighted by atomic mass is 9.91. The van der Waals surface area contributed by atoms with Crippen LogP contribution in [0, 0.1) is 0 Å². The van der Waals surface area contributed by atoms with E-state index in [9.17, 15) is 14.4 Å². The highest BCUT2D eigenvalue weighted by atomic mass is 35.5. The third-order valence-electron chi connectivity index (χ3n) is 7.93. The summed E-state index contributed by atoms with van der Waals surface area (Å²) in [5.74, 6) is -0.118. The number of epoxide rings is 1. The fraction of sp³-hybridized carbons (Fsp3) is 0.606. The molecule has 0 aliphatic carbocycles. The van der Waals surface area contributed by atoms with Crippen LogP contribution in [0.4, 0.5) is 4.79 Å². The van der Waals surface area contributed by atoms with E-state index in [1.54, 1.807) is 35.1 Å². The van der Waals surface area contributed by atoms with Crippen molar-refractivity contribution in [1.82, 2.24) is 16.0 Å². The molecule has 252 valence electrons. The van der Waals surface area contributed by atoms with Crippen molar-refractivity contribution in [3.63, 3.8) is 0 Å². The van der Waals surface area contributed by atoms with E-state index in [4.69, 9.17) is 35.3 Å². The number of benzene rings is 1. The first-order chi connectivity index (χ1) is 21.4. The molecule has 0 saturated carbocycles. The molecule has 11 nitrogen and oxygen atoms in total. The molecule has 1 aromatic rings. The van der Waals surface area contributed by atoms with Crippen molar-refractivity contribution in [3.05, 3.63) is 52.6 Å². The Kier molecular flexibility index (Phi) is 15.3. The molecule has 2 aliphatic rings. The van der Waals surface area contributed by atoms with Crippen LogP contribution in [0.15, 0.2) is 42.0 Å².